The Morgan fingerprint density at radius 2 is 2.00 bits per heavy atom. The van der Waals surface area contributed by atoms with E-state index in [1.807, 2.05) is 0 Å². The van der Waals surface area contributed by atoms with Crippen molar-refractivity contribution in [1.29, 1.82) is 0 Å². The summed E-state index contributed by atoms with van der Waals surface area (Å²) < 4.78 is 7.61. The predicted molar refractivity (Wildman–Crippen MR) is 78.5 cm³/mol. The van der Waals surface area contributed by atoms with Crippen molar-refractivity contribution in [3.05, 3.63) is 23.0 Å². The normalized spacial score (nSPS) is 17.0. The summed E-state index contributed by atoms with van der Waals surface area (Å²) >= 11 is 0. The van der Waals surface area contributed by atoms with Crippen LogP contribution in [0, 0.1) is 13.8 Å². The summed E-state index contributed by atoms with van der Waals surface area (Å²) in [5, 5.41) is 3.55. The van der Waals surface area contributed by atoms with E-state index in [9.17, 15) is 0 Å². The Balaban J connectivity index is 1.62. The maximum Gasteiger partial charge on any atom is 0.0594 e. The molecule has 1 aromatic heterocycles. The molecule has 1 aliphatic heterocycles. The van der Waals surface area contributed by atoms with Crippen LogP contribution in [0.25, 0.3) is 0 Å². The van der Waals surface area contributed by atoms with Gasteiger partial charge in [0.05, 0.1) is 13.2 Å². The Kier molecular flexibility index (Phi) is 5.43. The fourth-order valence-corrected chi connectivity index (χ4v) is 2.59. The van der Waals surface area contributed by atoms with Gasteiger partial charge in [-0.1, -0.05) is 0 Å². The Morgan fingerprint density at radius 1 is 1.26 bits per heavy atom. The van der Waals surface area contributed by atoms with E-state index in [0.717, 1.165) is 39.4 Å². The van der Waals surface area contributed by atoms with Crippen LogP contribution in [0.4, 0.5) is 0 Å². The van der Waals surface area contributed by atoms with Crippen LogP contribution < -0.4 is 5.32 Å². The van der Waals surface area contributed by atoms with Crippen molar-refractivity contribution in [2.45, 2.75) is 26.8 Å². The highest BCUT2D eigenvalue weighted by atomic mass is 16.5. The summed E-state index contributed by atoms with van der Waals surface area (Å²) in [6.45, 7) is 11.6. The fourth-order valence-electron chi connectivity index (χ4n) is 2.59. The highest BCUT2D eigenvalue weighted by Gasteiger charge is 2.09. The number of hydrogen-bond donors (Lipinski definition) is 1. The molecule has 0 saturated carbocycles. The highest BCUT2D eigenvalue weighted by molar-refractivity contribution is 5.26. The molecule has 0 spiro atoms. The molecule has 4 nitrogen and oxygen atoms in total. The second kappa shape index (κ2) is 7.08. The van der Waals surface area contributed by atoms with Crippen LogP contribution in [0.3, 0.4) is 0 Å². The van der Waals surface area contributed by atoms with E-state index in [1.165, 1.54) is 29.9 Å². The van der Waals surface area contributed by atoms with E-state index >= 15 is 0 Å². The maximum absolute atomic E-state index is 5.35. The molecule has 0 aromatic carbocycles. The van der Waals surface area contributed by atoms with Gasteiger partial charge in [0.1, 0.15) is 0 Å². The number of aromatic nitrogens is 1. The molecule has 1 aromatic rings. The summed E-state index contributed by atoms with van der Waals surface area (Å²) in [4.78, 5) is 2.49. The minimum Gasteiger partial charge on any atom is -0.379 e. The third kappa shape index (κ3) is 4.06. The van der Waals surface area contributed by atoms with Gasteiger partial charge < -0.3 is 14.6 Å². The summed E-state index contributed by atoms with van der Waals surface area (Å²) in [6.07, 6.45) is 1.21. The molecule has 19 heavy (non-hydrogen) atoms. The monoisotopic (exact) mass is 265 g/mol. The lowest BCUT2D eigenvalue weighted by Gasteiger charge is -2.26. The van der Waals surface area contributed by atoms with E-state index in [2.05, 4.69) is 41.7 Å². The van der Waals surface area contributed by atoms with Gasteiger partial charge >= 0.3 is 0 Å². The minimum absolute atomic E-state index is 0.899. The van der Waals surface area contributed by atoms with Crippen molar-refractivity contribution < 1.29 is 4.74 Å². The second-order valence-corrected chi connectivity index (χ2v) is 5.44. The van der Waals surface area contributed by atoms with Crippen molar-refractivity contribution >= 4 is 0 Å². The van der Waals surface area contributed by atoms with Crippen LogP contribution in [0.1, 0.15) is 23.4 Å². The van der Waals surface area contributed by atoms with Gasteiger partial charge in [0.25, 0.3) is 0 Å². The van der Waals surface area contributed by atoms with Crippen LogP contribution in [-0.4, -0.2) is 48.9 Å². The topological polar surface area (TPSA) is 29.4 Å². The maximum atomic E-state index is 5.35. The Labute approximate surface area is 116 Å². The van der Waals surface area contributed by atoms with Crippen LogP contribution in [0.5, 0.6) is 0 Å². The highest BCUT2D eigenvalue weighted by Crippen LogP contribution is 2.12. The van der Waals surface area contributed by atoms with Crippen molar-refractivity contribution in [2.75, 3.05) is 39.4 Å². The average molecular weight is 265 g/mol. The summed E-state index contributed by atoms with van der Waals surface area (Å²) in [5.41, 5.74) is 4.13. The first kappa shape index (κ1) is 14.6. The average Bonchev–Trinajstić information content (AvgIpc) is 2.67. The van der Waals surface area contributed by atoms with Crippen LogP contribution in [-0.2, 0) is 18.3 Å². The zero-order chi connectivity index (χ0) is 13.7. The van der Waals surface area contributed by atoms with Gasteiger partial charge in [-0.3, -0.25) is 4.90 Å². The minimum atomic E-state index is 0.899. The fraction of sp³-hybridized carbons (Fsp3) is 0.733. The molecule has 2 heterocycles. The smallest absolute Gasteiger partial charge is 0.0594 e. The van der Waals surface area contributed by atoms with Gasteiger partial charge in [-0.05, 0) is 45.0 Å². The standard InChI is InChI=1S/C15H27N3O/c1-13-11-15(14(2)17(13)3)12-16-5-4-6-18-7-9-19-10-8-18/h11,16H,4-10,12H2,1-3H3. The number of rotatable bonds is 6. The van der Waals surface area contributed by atoms with E-state index in [4.69, 9.17) is 4.74 Å². The number of aryl methyl sites for hydroxylation is 1. The number of nitrogens with zero attached hydrogens (tertiary/aromatic N) is 2. The van der Waals surface area contributed by atoms with Gasteiger partial charge in [0.2, 0.25) is 0 Å². The molecule has 0 unspecified atom stereocenters. The van der Waals surface area contributed by atoms with Crippen LogP contribution >= 0.6 is 0 Å². The molecule has 1 saturated heterocycles. The molecule has 0 amide bonds. The van der Waals surface area contributed by atoms with E-state index in [1.54, 1.807) is 0 Å². The van der Waals surface area contributed by atoms with E-state index < -0.39 is 0 Å². The zero-order valence-electron chi connectivity index (χ0n) is 12.5. The molecule has 0 aliphatic carbocycles. The van der Waals surface area contributed by atoms with E-state index in [-0.39, 0.29) is 0 Å². The first-order valence-corrected chi connectivity index (χ1v) is 7.31. The molecule has 1 aliphatic rings. The molecule has 0 radical (unpaired) electrons. The largest absolute Gasteiger partial charge is 0.379 e. The number of morpholine rings is 1. The Morgan fingerprint density at radius 3 is 2.63 bits per heavy atom. The summed E-state index contributed by atoms with van der Waals surface area (Å²) in [7, 11) is 2.13. The molecule has 1 N–H and O–H groups in total. The summed E-state index contributed by atoms with van der Waals surface area (Å²) in [6, 6.07) is 2.28. The zero-order valence-corrected chi connectivity index (χ0v) is 12.5. The van der Waals surface area contributed by atoms with E-state index in [0.29, 0.717) is 0 Å². The van der Waals surface area contributed by atoms with Gasteiger partial charge in [-0.25, -0.2) is 0 Å². The molecule has 0 atom stereocenters. The first-order valence-electron chi connectivity index (χ1n) is 7.31. The lowest BCUT2D eigenvalue weighted by molar-refractivity contribution is 0.0374. The van der Waals surface area contributed by atoms with Crippen LogP contribution in [0.15, 0.2) is 6.07 Å². The number of ether oxygens (including phenoxy) is 1. The van der Waals surface area contributed by atoms with Crippen molar-refractivity contribution in [2.24, 2.45) is 7.05 Å². The predicted octanol–water partition coefficient (Wildman–Crippen LogP) is 1.45. The molecule has 4 heteroatoms. The molecular weight excluding hydrogens is 238 g/mol. The van der Waals surface area contributed by atoms with Crippen molar-refractivity contribution in [1.82, 2.24) is 14.8 Å². The SMILES string of the molecule is Cc1cc(CNCCCN2CCOCC2)c(C)n1C. The Hall–Kier alpha value is -0.840. The molecule has 108 valence electrons. The van der Waals surface area contributed by atoms with Gasteiger partial charge in [0, 0.05) is 38.1 Å². The first-order chi connectivity index (χ1) is 9.18. The van der Waals surface area contributed by atoms with Crippen molar-refractivity contribution in [3.63, 3.8) is 0 Å². The second-order valence-electron chi connectivity index (χ2n) is 5.44. The van der Waals surface area contributed by atoms with Gasteiger partial charge in [0.15, 0.2) is 0 Å². The van der Waals surface area contributed by atoms with Crippen molar-refractivity contribution in [3.8, 4) is 0 Å². The third-order valence-electron chi connectivity index (χ3n) is 4.13. The van der Waals surface area contributed by atoms with Crippen LogP contribution in [0.2, 0.25) is 0 Å². The lowest BCUT2D eigenvalue weighted by atomic mass is 10.2. The molecular formula is C15H27N3O. The number of hydrogen-bond acceptors (Lipinski definition) is 3. The quantitative estimate of drug-likeness (QED) is 0.790. The Bertz CT molecular complexity index is 394. The third-order valence-corrected chi connectivity index (χ3v) is 4.13. The summed E-state index contributed by atoms with van der Waals surface area (Å²) in [5.74, 6) is 0. The van der Waals surface area contributed by atoms with Gasteiger partial charge in [-0.2, -0.15) is 0 Å². The lowest BCUT2D eigenvalue weighted by Crippen LogP contribution is -2.37. The molecule has 0 bridgehead atoms. The van der Waals surface area contributed by atoms with Gasteiger partial charge in [-0.15, -0.1) is 0 Å². The molecule has 1 fully saturated rings. The molecule has 2 rings (SSSR count). The number of nitrogens with one attached hydrogen (secondary N) is 1.